The number of thioether (sulfide) groups is 1. The molecule has 3 rings (SSSR count). The van der Waals surface area contributed by atoms with Gasteiger partial charge < -0.3 is 9.64 Å². The first-order valence-corrected chi connectivity index (χ1v) is 8.84. The van der Waals surface area contributed by atoms with E-state index in [1.807, 2.05) is 26.8 Å². The van der Waals surface area contributed by atoms with Gasteiger partial charge >= 0.3 is 5.69 Å². The topological polar surface area (TPSA) is 76.8 Å². The molecule has 2 aromatic heterocycles. The lowest BCUT2D eigenvalue weighted by atomic mass is 10.2. The van der Waals surface area contributed by atoms with Crippen LogP contribution in [0.25, 0.3) is 5.65 Å². The fourth-order valence-corrected chi connectivity index (χ4v) is 3.55. The summed E-state index contributed by atoms with van der Waals surface area (Å²) in [6.07, 6.45) is 1.71. The van der Waals surface area contributed by atoms with Crippen LogP contribution in [0.15, 0.2) is 28.3 Å². The van der Waals surface area contributed by atoms with Crippen molar-refractivity contribution >= 4 is 23.3 Å². The number of nitrogens with zero attached hydrogens (tertiary/aromatic N) is 4. The van der Waals surface area contributed by atoms with Crippen LogP contribution in [0.4, 0.5) is 0 Å². The van der Waals surface area contributed by atoms with E-state index in [1.54, 1.807) is 17.2 Å². The molecule has 0 bridgehead atoms. The molecule has 7 nitrogen and oxygen atoms in total. The number of pyridine rings is 1. The maximum atomic E-state index is 12.4. The molecule has 2 aromatic rings. The SMILES string of the molecule is Cc1cccn2c(=O)nc(SCC(=O)N3C[C@@H](C)O[C@H](C)C3)nc12. The summed E-state index contributed by atoms with van der Waals surface area (Å²) in [6.45, 7) is 6.98. The zero-order valence-electron chi connectivity index (χ0n) is 13.9. The highest BCUT2D eigenvalue weighted by Crippen LogP contribution is 2.17. The van der Waals surface area contributed by atoms with Gasteiger partial charge in [-0.15, -0.1) is 0 Å². The highest BCUT2D eigenvalue weighted by atomic mass is 32.2. The molecule has 1 aliphatic rings. The molecule has 3 heterocycles. The molecule has 1 aliphatic heterocycles. The minimum Gasteiger partial charge on any atom is -0.372 e. The van der Waals surface area contributed by atoms with E-state index >= 15 is 0 Å². The van der Waals surface area contributed by atoms with Gasteiger partial charge in [-0.3, -0.25) is 9.20 Å². The van der Waals surface area contributed by atoms with E-state index in [0.29, 0.717) is 23.9 Å². The Balaban J connectivity index is 1.73. The van der Waals surface area contributed by atoms with Crippen molar-refractivity contribution in [3.63, 3.8) is 0 Å². The van der Waals surface area contributed by atoms with Crippen LogP contribution < -0.4 is 5.69 Å². The number of carbonyl (C=O) groups excluding carboxylic acids is 1. The average molecular weight is 348 g/mol. The third-order valence-electron chi connectivity index (χ3n) is 3.86. The Hall–Kier alpha value is -1.93. The number of aryl methyl sites for hydroxylation is 1. The van der Waals surface area contributed by atoms with Gasteiger partial charge in [0, 0.05) is 19.3 Å². The summed E-state index contributed by atoms with van der Waals surface area (Å²) in [6, 6.07) is 3.67. The molecule has 0 spiro atoms. The van der Waals surface area contributed by atoms with Gasteiger partial charge in [0.15, 0.2) is 5.16 Å². The van der Waals surface area contributed by atoms with Gasteiger partial charge in [0.1, 0.15) is 5.65 Å². The first-order valence-electron chi connectivity index (χ1n) is 7.86. The molecule has 128 valence electrons. The van der Waals surface area contributed by atoms with Crippen LogP contribution in [0.1, 0.15) is 19.4 Å². The molecule has 2 atom stereocenters. The van der Waals surface area contributed by atoms with Crippen LogP contribution in [0, 0.1) is 6.92 Å². The Labute approximate surface area is 144 Å². The lowest BCUT2D eigenvalue weighted by Crippen LogP contribution is -2.48. The van der Waals surface area contributed by atoms with E-state index in [2.05, 4.69) is 9.97 Å². The fourth-order valence-electron chi connectivity index (χ4n) is 2.82. The van der Waals surface area contributed by atoms with Crippen LogP contribution in [0.3, 0.4) is 0 Å². The number of carbonyl (C=O) groups is 1. The molecule has 0 unspecified atom stereocenters. The Bertz CT molecular complexity index is 813. The van der Waals surface area contributed by atoms with Gasteiger partial charge in [0.05, 0.1) is 18.0 Å². The number of fused-ring (bicyclic) bond motifs is 1. The summed E-state index contributed by atoms with van der Waals surface area (Å²) in [4.78, 5) is 34.6. The first-order chi connectivity index (χ1) is 11.4. The van der Waals surface area contributed by atoms with Crippen molar-refractivity contribution in [3.8, 4) is 0 Å². The number of hydrogen-bond donors (Lipinski definition) is 0. The van der Waals surface area contributed by atoms with Crippen LogP contribution >= 0.6 is 11.8 Å². The number of amides is 1. The van der Waals surface area contributed by atoms with Gasteiger partial charge in [-0.05, 0) is 32.4 Å². The van der Waals surface area contributed by atoms with E-state index in [4.69, 9.17) is 4.74 Å². The number of ether oxygens (including phenoxy) is 1. The van der Waals surface area contributed by atoms with Crippen molar-refractivity contribution in [3.05, 3.63) is 34.4 Å². The van der Waals surface area contributed by atoms with E-state index in [0.717, 1.165) is 5.56 Å². The van der Waals surface area contributed by atoms with Gasteiger partial charge in [-0.25, -0.2) is 9.78 Å². The molecule has 1 fully saturated rings. The Kier molecular flexibility index (Phi) is 4.86. The van der Waals surface area contributed by atoms with E-state index < -0.39 is 0 Å². The summed E-state index contributed by atoms with van der Waals surface area (Å²) in [7, 11) is 0. The largest absolute Gasteiger partial charge is 0.372 e. The Morgan fingerprint density at radius 3 is 2.75 bits per heavy atom. The monoisotopic (exact) mass is 348 g/mol. The second-order valence-corrected chi connectivity index (χ2v) is 6.96. The minimum atomic E-state index is -0.382. The standard InChI is InChI=1S/C16H20N4O3S/c1-10-5-4-6-20-14(10)17-15(18-16(20)22)24-9-13(21)19-7-11(2)23-12(3)8-19/h4-6,11-12H,7-9H2,1-3H3/t11-,12-/m1/s1. The molecule has 8 heteroatoms. The van der Waals surface area contributed by atoms with E-state index in [9.17, 15) is 9.59 Å². The van der Waals surface area contributed by atoms with Crippen molar-refractivity contribution in [2.24, 2.45) is 0 Å². The maximum absolute atomic E-state index is 12.4. The molecule has 1 saturated heterocycles. The molecular weight excluding hydrogens is 328 g/mol. The number of rotatable bonds is 3. The van der Waals surface area contributed by atoms with Crippen LogP contribution in [0.2, 0.25) is 0 Å². The number of hydrogen-bond acceptors (Lipinski definition) is 6. The van der Waals surface area contributed by atoms with Gasteiger partial charge in [-0.2, -0.15) is 4.98 Å². The molecule has 0 N–H and O–H groups in total. The predicted octanol–water partition coefficient (Wildman–Crippen LogP) is 1.13. The zero-order valence-corrected chi connectivity index (χ0v) is 14.7. The number of morpholine rings is 1. The van der Waals surface area contributed by atoms with Crippen LogP contribution in [-0.4, -0.2) is 56.2 Å². The zero-order chi connectivity index (χ0) is 17.3. The van der Waals surface area contributed by atoms with E-state index in [-0.39, 0.29) is 29.6 Å². The summed E-state index contributed by atoms with van der Waals surface area (Å²) in [5, 5.41) is 0.331. The molecule has 0 aromatic carbocycles. The Morgan fingerprint density at radius 1 is 1.33 bits per heavy atom. The summed E-state index contributed by atoms with van der Waals surface area (Å²) < 4.78 is 7.05. The highest BCUT2D eigenvalue weighted by Gasteiger charge is 2.25. The smallest absolute Gasteiger partial charge is 0.355 e. The molecular formula is C16H20N4O3S. The third-order valence-corrected chi connectivity index (χ3v) is 4.69. The van der Waals surface area contributed by atoms with Crippen molar-refractivity contribution in [1.29, 1.82) is 0 Å². The van der Waals surface area contributed by atoms with E-state index in [1.165, 1.54) is 16.2 Å². The quantitative estimate of drug-likeness (QED) is 0.774. The molecule has 24 heavy (non-hydrogen) atoms. The fraction of sp³-hybridized carbons (Fsp3) is 0.500. The summed E-state index contributed by atoms with van der Waals surface area (Å²) in [5.41, 5.74) is 1.08. The third kappa shape index (κ3) is 3.59. The van der Waals surface area contributed by atoms with Crippen molar-refractivity contribution < 1.29 is 9.53 Å². The molecule has 0 saturated carbocycles. The van der Waals surface area contributed by atoms with Crippen LogP contribution in [-0.2, 0) is 9.53 Å². The lowest BCUT2D eigenvalue weighted by molar-refractivity contribution is -0.140. The van der Waals surface area contributed by atoms with Gasteiger partial charge in [0.2, 0.25) is 5.91 Å². The van der Waals surface area contributed by atoms with Crippen molar-refractivity contribution in [2.75, 3.05) is 18.8 Å². The average Bonchev–Trinajstić information content (AvgIpc) is 2.52. The molecule has 0 aliphatic carbocycles. The second-order valence-electron chi connectivity index (χ2n) is 6.02. The molecule has 0 radical (unpaired) electrons. The maximum Gasteiger partial charge on any atom is 0.355 e. The van der Waals surface area contributed by atoms with Gasteiger partial charge in [0.25, 0.3) is 0 Å². The van der Waals surface area contributed by atoms with Crippen molar-refractivity contribution in [2.45, 2.75) is 38.1 Å². The second kappa shape index (κ2) is 6.90. The normalized spacial score (nSPS) is 21.2. The number of aromatic nitrogens is 3. The highest BCUT2D eigenvalue weighted by molar-refractivity contribution is 7.99. The predicted molar refractivity (Wildman–Crippen MR) is 91.3 cm³/mol. The van der Waals surface area contributed by atoms with Crippen LogP contribution in [0.5, 0.6) is 0 Å². The first kappa shape index (κ1) is 16.9. The molecule has 1 amide bonds. The van der Waals surface area contributed by atoms with Crippen molar-refractivity contribution in [1.82, 2.24) is 19.3 Å². The van der Waals surface area contributed by atoms with Gasteiger partial charge in [-0.1, -0.05) is 17.8 Å². The Morgan fingerprint density at radius 2 is 2.04 bits per heavy atom. The minimum absolute atomic E-state index is 0.00980. The summed E-state index contributed by atoms with van der Waals surface area (Å²) >= 11 is 1.19. The lowest BCUT2D eigenvalue weighted by Gasteiger charge is -2.35. The summed E-state index contributed by atoms with van der Waals surface area (Å²) in [5.74, 6) is 0.219.